The Labute approximate surface area is 199 Å². The Morgan fingerprint density at radius 2 is 1.53 bits per heavy atom. The van der Waals surface area contributed by atoms with Gasteiger partial charge < -0.3 is 25.6 Å². The molecule has 34 heavy (non-hydrogen) atoms. The Morgan fingerprint density at radius 1 is 0.971 bits per heavy atom. The summed E-state index contributed by atoms with van der Waals surface area (Å²) in [5.41, 5.74) is 4.54. The number of hydrogen-bond acceptors (Lipinski definition) is 5. The highest BCUT2D eigenvalue weighted by atomic mass is 16.5. The van der Waals surface area contributed by atoms with Gasteiger partial charge in [0.25, 0.3) is 0 Å². The van der Waals surface area contributed by atoms with Gasteiger partial charge in [0.1, 0.15) is 6.61 Å². The molecule has 0 fully saturated rings. The van der Waals surface area contributed by atoms with Crippen LogP contribution in [0.4, 0.5) is 4.79 Å². The predicted octanol–water partition coefficient (Wildman–Crippen LogP) is 3.14. The second kappa shape index (κ2) is 11.2. The summed E-state index contributed by atoms with van der Waals surface area (Å²) in [4.78, 5) is 36.0. The molecule has 3 unspecified atom stereocenters. The average Bonchev–Trinajstić information content (AvgIpc) is 3.12. The van der Waals surface area contributed by atoms with E-state index in [4.69, 9.17) is 9.84 Å². The number of aliphatic hydroxyl groups is 1. The number of aliphatic carboxylic acids is 1. The number of carboxylic acid groups (broad SMARTS) is 1. The van der Waals surface area contributed by atoms with Crippen LogP contribution in [0, 0.1) is 11.8 Å². The van der Waals surface area contributed by atoms with Gasteiger partial charge in [-0.3, -0.25) is 4.79 Å². The number of amides is 2. The fraction of sp³-hybridized carbons (Fsp3) is 0.423. The molecule has 0 spiro atoms. The number of aliphatic hydroxyl groups excluding tert-OH is 1. The third-order valence-electron chi connectivity index (χ3n) is 6.31. The minimum absolute atomic E-state index is 0.0117. The van der Waals surface area contributed by atoms with Gasteiger partial charge in [-0.25, -0.2) is 9.59 Å². The van der Waals surface area contributed by atoms with Crippen LogP contribution in [0.1, 0.15) is 44.2 Å². The maximum Gasteiger partial charge on any atom is 0.407 e. The molecule has 2 aromatic carbocycles. The van der Waals surface area contributed by atoms with Crippen LogP contribution in [-0.4, -0.2) is 53.5 Å². The first kappa shape index (κ1) is 25.2. The largest absolute Gasteiger partial charge is 0.480 e. The highest BCUT2D eigenvalue weighted by Gasteiger charge is 2.30. The predicted molar refractivity (Wildman–Crippen MR) is 127 cm³/mol. The van der Waals surface area contributed by atoms with Crippen LogP contribution < -0.4 is 10.6 Å². The summed E-state index contributed by atoms with van der Waals surface area (Å²) < 4.78 is 5.54. The van der Waals surface area contributed by atoms with E-state index in [-0.39, 0.29) is 37.3 Å². The molecule has 2 aromatic rings. The summed E-state index contributed by atoms with van der Waals surface area (Å²) in [7, 11) is 0. The molecule has 0 saturated carbocycles. The smallest absolute Gasteiger partial charge is 0.407 e. The monoisotopic (exact) mass is 468 g/mol. The Hall–Kier alpha value is -3.39. The molecule has 0 radical (unpaired) electrons. The zero-order valence-corrected chi connectivity index (χ0v) is 19.7. The van der Waals surface area contributed by atoms with Crippen LogP contribution in [0.3, 0.4) is 0 Å². The highest BCUT2D eigenvalue weighted by molar-refractivity contribution is 5.84. The number of ether oxygens (including phenoxy) is 1. The van der Waals surface area contributed by atoms with Crippen LogP contribution in [0.15, 0.2) is 48.5 Å². The minimum atomic E-state index is -1.38. The van der Waals surface area contributed by atoms with Gasteiger partial charge >= 0.3 is 12.1 Å². The lowest BCUT2D eigenvalue weighted by molar-refractivity contribution is -0.145. The first-order valence-corrected chi connectivity index (χ1v) is 11.5. The van der Waals surface area contributed by atoms with E-state index in [9.17, 15) is 19.5 Å². The lowest BCUT2D eigenvalue weighted by Crippen LogP contribution is -2.48. The number of alkyl carbamates (subject to hydrolysis) is 1. The molecule has 0 aliphatic heterocycles. The molecule has 1 aliphatic carbocycles. The first-order chi connectivity index (χ1) is 16.2. The highest BCUT2D eigenvalue weighted by Crippen LogP contribution is 2.44. The van der Waals surface area contributed by atoms with E-state index in [2.05, 4.69) is 22.8 Å². The molecule has 4 N–H and O–H groups in total. The van der Waals surface area contributed by atoms with Crippen molar-refractivity contribution in [2.24, 2.45) is 11.8 Å². The summed E-state index contributed by atoms with van der Waals surface area (Å²) in [5.74, 6) is -2.03. The molecule has 2 amide bonds. The molecule has 0 saturated heterocycles. The molecular weight excluding hydrogens is 436 g/mol. The van der Waals surface area contributed by atoms with Crippen LogP contribution in [-0.2, 0) is 14.3 Å². The number of fused-ring (bicyclic) bond motifs is 3. The quantitative estimate of drug-likeness (QED) is 0.425. The number of carbonyl (C=O) groups excluding carboxylic acids is 2. The normalized spacial score (nSPS) is 15.1. The standard InChI is InChI=1S/C26H32N2O6/c1-15(2)17(12-23(30)28-24(16(3)29)25(31)32)13-27-26(33)34-14-22-20-10-6-4-8-18(20)19-9-5-7-11-21(19)22/h4-11,15-17,22,24,29H,12-14H2,1-3H3,(H,27,33)(H,28,30)(H,31,32). The Bertz CT molecular complexity index is 990. The van der Waals surface area contributed by atoms with Gasteiger partial charge in [0.05, 0.1) is 6.10 Å². The molecule has 0 bridgehead atoms. The summed E-state index contributed by atoms with van der Waals surface area (Å²) in [5, 5.41) is 23.8. The Kier molecular flexibility index (Phi) is 8.28. The second-order valence-electron chi connectivity index (χ2n) is 9.04. The number of hydrogen-bond donors (Lipinski definition) is 4. The maximum atomic E-state index is 12.4. The summed E-state index contributed by atoms with van der Waals surface area (Å²) in [6.07, 6.45) is -1.78. The first-order valence-electron chi connectivity index (χ1n) is 11.5. The third kappa shape index (κ3) is 5.94. The van der Waals surface area contributed by atoms with Crippen molar-refractivity contribution >= 4 is 18.0 Å². The van der Waals surface area contributed by atoms with E-state index in [1.807, 2.05) is 50.2 Å². The summed E-state index contributed by atoms with van der Waals surface area (Å²) in [6, 6.07) is 14.8. The fourth-order valence-corrected chi connectivity index (χ4v) is 4.27. The molecule has 3 atom stereocenters. The second-order valence-corrected chi connectivity index (χ2v) is 9.04. The van der Waals surface area contributed by atoms with E-state index >= 15 is 0 Å². The third-order valence-corrected chi connectivity index (χ3v) is 6.31. The van der Waals surface area contributed by atoms with Crippen molar-refractivity contribution in [1.29, 1.82) is 0 Å². The van der Waals surface area contributed by atoms with Gasteiger partial charge in [-0.05, 0) is 41.0 Å². The van der Waals surface area contributed by atoms with E-state index in [1.54, 1.807) is 0 Å². The van der Waals surface area contributed by atoms with Crippen molar-refractivity contribution in [2.75, 3.05) is 13.2 Å². The van der Waals surface area contributed by atoms with Crippen molar-refractivity contribution in [3.63, 3.8) is 0 Å². The molecule has 3 rings (SSSR count). The summed E-state index contributed by atoms with van der Waals surface area (Å²) in [6.45, 7) is 5.54. The molecule has 182 valence electrons. The van der Waals surface area contributed by atoms with E-state index < -0.39 is 30.1 Å². The van der Waals surface area contributed by atoms with Crippen molar-refractivity contribution in [3.05, 3.63) is 59.7 Å². The minimum Gasteiger partial charge on any atom is -0.480 e. The van der Waals surface area contributed by atoms with Gasteiger partial charge in [0, 0.05) is 18.9 Å². The van der Waals surface area contributed by atoms with Crippen molar-refractivity contribution in [2.45, 2.75) is 45.3 Å². The average molecular weight is 469 g/mol. The number of carbonyl (C=O) groups is 3. The van der Waals surface area contributed by atoms with Gasteiger partial charge in [-0.2, -0.15) is 0 Å². The number of nitrogens with one attached hydrogen (secondary N) is 2. The van der Waals surface area contributed by atoms with E-state index in [1.165, 1.54) is 6.92 Å². The molecular formula is C26H32N2O6. The van der Waals surface area contributed by atoms with Crippen LogP contribution in [0.5, 0.6) is 0 Å². The number of carboxylic acids is 1. The van der Waals surface area contributed by atoms with Gasteiger partial charge in [-0.1, -0.05) is 62.4 Å². The molecule has 1 aliphatic rings. The Morgan fingerprint density at radius 3 is 2.03 bits per heavy atom. The van der Waals surface area contributed by atoms with Crippen LogP contribution >= 0.6 is 0 Å². The molecule has 0 aromatic heterocycles. The van der Waals surface area contributed by atoms with Gasteiger partial charge in [0.15, 0.2) is 6.04 Å². The number of benzene rings is 2. The van der Waals surface area contributed by atoms with Crippen LogP contribution in [0.25, 0.3) is 11.1 Å². The molecule has 8 heteroatoms. The van der Waals surface area contributed by atoms with E-state index in [0.29, 0.717) is 0 Å². The van der Waals surface area contributed by atoms with Crippen molar-refractivity contribution < 1.29 is 29.3 Å². The zero-order chi connectivity index (χ0) is 24.8. The van der Waals surface area contributed by atoms with Crippen molar-refractivity contribution in [3.8, 4) is 11.1 Å². The summed E-state index contributed by atoms with van der Waals surface area (Å²) >= 11 is 0. The number of rotatable bonds is 10. The molecule has 0 heterocycles. The SMILES string of the molecule is CC(C)C(CNC(=O)OCC1c2ccccc2-c2ccccc21)CC(=O)NC(C(=O)O)C(C)O. The lowest BCUT2D eigenvalue weighted by Gasteiger charge is -2.23. The van der Waals surface area contributed by atoms with Gasteiger partial charge in [-0.15, -0.1) is 0 Å². The lowest BCUT2D eigenvalue weighted by atomic mass is 9.92. The van der Waals surface area contributed by atoms with Crippen molar-refractivity contribution in [1.82, 2.24) is 10.6 Å². The Balaban J connectivity index is 1.54. The fourth-order valence-electron chi connectivity index (χ4n) is 4.27. The van der Waals surface area contributed by atoms with Gasteiger partial charge in [0.2, 0.25) is 5.91 Å². The van der Waals surface area contributed by atoms with E-state index in [0.717, 1.165) is 22.3 Å². The van der Waals surface area contributed by atoms with Crippen LogP contribution in [0.2, 0.25) is 0 Å². The zero-order valence-electron chi connectivity index (χ0n) is 19.7. The topological polar surface area (TPSA) is 125 Å². The maximum absolute atomic E-state index is 12.4. The molecule has 8 nitrogen and oxygen atoms in total.